The molecule has 30 heavy (non-hydrogen) atoms. The molecule has 0 atom stereocenters. The minimum atomic E-state index is -0.667. The molecule has 0 radical (unpaired) electrons. The number of methoxy groups -OCH3 is 1. The maximum Gasteiger partial charge on any atom is 0.182 e. The van der Waals surface area contributed by atoms with E-state index in [1.165, 1.54) is 25.4 Å². The van der Waals surface area contributed by atoms with Gasteiger partial charge in [0, 0.05) is 34.9 Å². The monoisotopic (exact) mass is 415 g/mol. The zero-order valence-corrected chi connectivity index (χ0v) is 17.1. The van der Waals surface area contributed by atoms with Crippen molar-refractivity contribution < 1.29 is 18.3 Å². The Hall–Kier alpha value is -3.23. The lowest BCUT2D eigenvalue weighted by Crippen LogP contribution is -2.10. The summed E-state index contributed by atoms with van der Waals surface area (Å²) in [6, 6.07) is 2.40. The molecular weight excluding hydrogens is 392 g/mol. The van der Waals surface area contributed by atoms with Gasteiger partial charge in [0.15, 0.2) is 17.4 Å². The van der Waals surface area contributed by atoms with E-state index in [2.05, 4.69) is 15.1 Å². The maximum absolute atomic E-state index is 14.6. The number of nitrogen functional groups attached to an aromatic ring is 1. The fraction of sp³-hybridized carbons (Fsp3) is 0.381. The second-order valence-corrected chi connectivity index (χ2v) is 7.24. The van der Waals surface area contributed by atoms with E-state index in [1.54, 1.807) is 11.6 Å². The Morgan fingerprint density at radius 1 is 1.23 bits per heavy atom. The van der Waals surface area contributed by atoms with Gasteiger partial charge in [0.1, 0.15) is 23.1 Å². The van der Waals surface area contributed by atoms with E-state index in [0.29, 0.717) is 29.8 Å². The summed E-state index contributed by atoms with van der Waals surface area (Å²) in [5, 5.41) is 4.60. The van der Waals surface area contributed by atoms with Gasteiger partial charge in [0.25, 0.3) is 0 Å². The first-order valence-electron chi connectivity index (χ1n) is 9.77. The van der Waals surface area contributed by atoms with Gasteiger partial charge in [-0.2, -0.15) is 5.10 Å². The minimum absolute atomic E-state index is 0.0393. The normalized spacial score (nSPS) is 13.5. The summed E-state index contributed by atoms with van der Waals surface area (Å²) in [6.07, 6.45) is 3.50. The van der Waals surface area contributed by atoms with Crippen LogP contribution in [0.4, 0.5) is 14.6 Å². The summed E-state index contributed by atoms with van der Waals surface area (Å²) >= 11 is 0. The third kappa shape index (κ3) is 3.67. The molecule has 1 aromatic carbocycles. The van der Waals surface area contributed by atoms with Gasteiger partial charge in [-0.15, -0.1) is 0 Å². The Bertz CT molecular complexity index is 1070. The van der Waals surface area contributed by atoms with Crippen LogP contribution in [0, 0.1) is 18.6 Å². The number of nitrogens with two attached hydrogens (primary N) is 1. The summed E-state index contributed by atoms with van der Waals surface area (Å²) in [5.41, 5.74) is 8.21. The molecule has 1 fully saturated rings. The predicted molar refractivity (Wildman–Crippen MR) is 108 cm³/mol. The molecule has 9 heteroatoms. The lowest BCUT2D eigenvalue weighted by atomic mass is 10.1. The lowest BCUT2D eigenvalue weighted by Gasteiger charge is -2.11. The Labute approximate surface area is 172 Å². The van der Waals surface area contributed by atoms with Crippen LogP contribution in [-0.4, -0.2) is 33.5 Å². The molecular formula is C21H23F2N5O2. The molecule has 1 aliphatic carbocycles. The summed E-state index contributed by atoms with van der Waals surface area (Å²) in [4.78, 5) is 8.58. The number of rotatable bonds is 7. The van der Waals surface area contributed by atoms with Crippen LogP contribution in [0.1, 0.15) is 42.5 Å². The highest BCUT2D eigenvalue weighted by Gasteiger charge is 2.32. The summed E-state index contributed by atoms with van der Waals surface area (Å²) in [5.74, 6) is 0.0531. The van der Waals surface area contributed by atoms with Gasteiger partial charge in [-0.25, -0.2) is 18.7 Å². The molecule has 1 saturated carbocycles. The van der Waals surface area contributed by atoms with Crippen molar-refractivity contribution in [1.29, 1.82) is 0 Å². The van der Waals surface area contributed by atoms with Crippen LogP contribution < -0.4 is 15.2 Å². The highest BCUT2D eigenvalue weighted by atomic mass is 19.1. The first kappa shape index (κ1) is 20.1. The molecule has 4 rings (SSSR count). The molecule has 7 nitrogen and oxygen atoms in total. The largest absolute Gasteiger partial charge is 0.494 e. The molecule has 0 saturated heterocycles. The minimum Gasteiger partial charge on any atom is -0.494 e. The Kier molecular flexibility index (Phi) is 5.27. The van der Waals surface area contributed by atoms with Crippen molar-refractivity contribution in [2.45, 2.75) is 39.2 Å². The molecule has 158 valence electrons. The zero-order chi connectivity index (χ0) is 21.4. The Morgan fingerprint density at radius 3 is 2.50 bits per heavy atom. The molecule has 2 aromatic heterocycles. The van der Waals surface area contributed by atoms with Crippen molar-refractivity contribution in [1.82, 2.24) is 19.7 Å². The van der Waals surface area contributed by atoms with E-state index in [4.69, 9.17) is 15.2 Å². The van der Waals surface area contributed by atoms with Crippen LogP contribution in [0.5, 0.6) is 11.5 Å². The number of nitrogens with zero attached hydrogens (tertiary/aromatic N) is 4. The highest BCUT2D eigenvalue weighted by molar-refractivity contribution is 5.60. The van der Waals surface area contributed by atoms with Crippen molar-refractivity contribution >= 4 is 5.82 Å². The van der Waals surface area contributed by atoms with E-state index < -0.39 is 11.6 Å². The standard InChI is InChI=1S/C21H23F2N5O2/c1-4-30-13-7-15(22)14(16(23)8-13)10-28-19(12-5-6-12)11(2)18(27-28)21-25-9-17(29-3)20(24)26-21/h7-9,12H,4-6,10H2,1-3H3,(H2,24,25,26). The Balaban J connectivity index is 1.75. The molecule has 0 spiro atoms. The number of ether oxygens (including phenoxy) is 2. The average molecular weight is 415 g/mol. The Morgan fingerprint density at radius 2 is 1.93 bits per heavy atom. The molecule has 0 unspecified atom stereocenters. The predicted octanol–water partition coefficient (Wildman–Crippen LogP) is 3.84. The number of hydrogen-bond donors (Lipinski definition) is 1. The van der Waals surface area contributed by atoms with Crippen molar-refractivity contribution in [3.05, 3.63) is 46.8 Å². The zero-order valence-electron chi connectivity index (χ0n) is 17.1. The van der Waals surface area contributed by atoms with Gasteiger partial charge in [-0.05, 0) is 26.7 Å². The van der Waals surface area contributed by atoms with Crippen molar-refractivity contribution in [3.8, 4) is 23.0 Å². The summed E-state index contributed by atoms with van der Waals surface area (Å²) < 4.78 is 41.2. The van der Waals surface area contributed by atoms with Crippen LogP contribution in [0.3, 0.4) is 0 Å². The number of hydrogen-bond acceptors (Lipinski definition) is 6. The molecule has 3 aromatic rings. The van der Waals surface area contributed by atoms with Crippen LogP contribution in [0.2, 0.25) is 0 Å². The second-order valence-electron chi connectivity index (χ2n) is 7.24. The van der Waals surface area contributed by atoms with E-state index in [1.807, 2.05) is 6.92 Å². The third-order valence-corrected chi connectivity index (χ3v) is 5.15. The van der Waals surface area contributed by atoms with Crippen LogP contribution >= 0.6 is 0 Å². The maximum atomic E-state index is 14.6. The van der Waals surface area contributed by atoms with Crippen molar-refractivity contribution in [3.63, 3.8) is 0 Å². The van der Waals surface area contributed by atoms with E-state index in [9.17, 15) is 8.78 Å². The first-order valence-corrected chi connectivity index (χ1v) is 9.77. The van der Waals surface area contributed by atoms with E-state index >= 15 is 0 Å². The number of anilines is 1. The quantitative estimate of drug-likeness (QED) is 0.631. The topological polar surface area (TPSA) is 88.1 Å². The fourth-order valence-corrected chi connectivity index (χ4v) is 3.56. The van der Waals surface area contributed by atoms with Gasteiger partial charge in [-0.3, -0.25) is 4.68 Å². The highest BCUT2D eigenvalue weighted by Crippen LogP contribution is 2.44. The van der Waals surface area contributed by atoms with Crippen molar-refractivity contribution in [2.24, 2.45) is 0 Å². The van der Waals surface area contributed by atoms with Gasteiger partial charge in [-0.1, -0.05) is 0 Å². The van der Waals surface area contributed by atoms with Gasteiger partial charge in [0.05, 0.1) is 26.5 Å². The molecule has 0 aliphatic heterocycles. The number of halogens is 2. The van der Waals surface area contributed by atoms with Gasteiger partial charge in [0.2, 0.25) is 0 Å². The second kappa shape index (κ2) is 7.89. The van der Waals surface area contributed by atoms with Gasteiger partial charge >= 0.3 is 0 Å². The van der Waals surface area contributed by atoms with Gasteiger partial charge < -0.3 is 15.2 Å². The van der Waals surface area contributed by atoms with Crippen LogP contribution in [0.15, 0.2) is 18.3 Å². The molecule has 0 bridgehead atoms. The van der Waals surface area contributed by atoms with E-state index in [0.717, 1.165) is 24.1 Å². The van der Waals surface area contributed by atoms with Crippen LogP contribution in [0.25, 0.3) is 11.5 Å². The number of benzene rings is 1. The summed E-state index contributed by atoms with van der Waals surface area (Å²) in [7, 11) is 1.49. The first-order chi connectivity index (χ1) is 14.4. The number of aromatic nitrogens is 4. The SMILES string of the molecule is CCOc1cc(F)c(Cn2nc(-c3ncc(OC)c(N)n3)c(C)c2C2CC2)c(F)c1. The van der Waals surface area contributed by atoms with Crippen molar-refractivity contribution in [2.75, 3.05) is 19.5 Å². The molecule has 1 aliphatic rings. The van der Waals surface area contributed by atoms with E-state index in [-0.39, 0.29) is 23.7 Å². The fourth-order valence-electron chi connectivity index (χ4n) is 3.56. The molecule has 2 N–H and O–H groups in total. The molecule has 2 heterocycles. The van der Waals surface area contributed by atoms with Crippen LogP contribution in [-0.2, 0) is 6.54 Å². The smallest absolute Gasteiger partial charge is 0.182 e. The molecule has 0 amide bonds. The lowest BCUT2D eigenvalue weighted by molar-refractivity contribution is 0.335. The summed E-state index contributed by atoms with van der Waals surface area (Å²) in [6.45, 7) is 3.97. The third-order valence-electron chi connectivity index (χ3n) is 5.15. The average Bonchev–Trinajstić information content (AvgIpc) is 3.48.